The third-order valence-electron chi connectivity index (χ3n) is 2.51. The zero-order valence-electron chi connectivity index (χ0n) is 10.5. The summed E-state index contributed by atoms with van der Waals surface area (Å²) in [6, 6.07) is 9.85. The molecule has 1 atom stereocenters. The van der Waals surface area contributed by atoms with E-state index in [4.69, 9.17) is 9.47 Å². The van der Waals surface area contributed by atoms with Gasteiger partial charge in [-0.3, -0.25) is 0 Å². The van der Waals surface area contributed by atoms with E-state index in [1.807, 2.05) is 44.2 Å². The quantitative estimate of drug-likeness (QED) is 0.649. The number of benzene rings is 1. The van der Waals surface area contributed by atoms with Crippen LogP contribution in [0.5, 0.6) is 5.75 Å². The zero-order chi connectivity index (χ0) is 11.9. The highest BCUT2D eigenvalue weighted by Gasteiger charge is 2.25. The van der Waals surface area contributed by atoms with Crippen LogP contribution in [0.15, 0.2) is 30.3 Å². The molecule has 1 rings (SSSR count). The molecule has 0 aliphatic heterocycles. The molecule has 1 unspecified atom stereocenters. The lowest BCUT2D eigenvalue weighted by Crippen LogP contribution is -2.35. The van der Waals surface area contributed by atoms with E-state index in [1.165, 1.54) is 0 Å². The van der Waals surface area contributed by atoms with E-state index in [-0.39, 0.29) is 0 Å². The lowest BCUT2D eigenvalue weighted by Gasteiger charge is -2.30. The molecule has 0 amide bonds. The number of ether oxygens (including phenoxy) is 2. The molecule has 0 saturated heterocycles. The SMILES string of the molecule is CCCCC(C)(OCC)Oc1ccccc1. The van der Waals surface area contributed by atoms with Gasteiger partial charge in [-0.25, -0.2) is 0 Å². The van der Waals surface area contributed by atoms with Gasteiger partial charge in [0.1, 0.15) is 5.75 Å². The molecule has 90 valence electrons. The average molecular weight is 222 g/mol. The lowest BCUT2D eigenvalue weighted by atomic mass is 10.1. The van der Waals surface area contributed by atoms with E-state index in [0.29, 0.717) is 6.61 Å². The molecule has 2 heteroatoms. The molecule has 0 saturated carbocycles. The van der Waals surface area contributed by atoms with Crippen LogP contribution in [0.2, 0.25) is 0 Å². The van der Waals surface area contributed by atoms with Crippen molar-refractivity contribution in [2.75, 3.05) is 6.61 Å². The molecule has 1 aromatic rings. The van der Waals surface area contributed by atoms with Crippen molar-refractivity contribution in [3.05, 3.63) is 30.3 Å². The number of para-hydroxylation sites is 1. The second-order valence-corrected chi connectivity index (χ2v) is 4.09. The normalized spacial score (nSPS) is 14.4. The van der Waals surface area contributed by atoms with Gasteiger partial charge in [0.15, 0.2) is 0 Å². The first-order valence-electron chi connectivity index (χ1n) is 6.08. The van der Waals surface area contributed by atoms with Crippen LogP contribution in [0.1, 0.15) is 40.0 Å². The van der Waals surface area contributed by atoms with Gasteiger partial charge in [0, 0.05) is 20.0 Å². The van der Waals surface area contributed by atoms with Crippen LogP contribution in [-0.4, -0.2) is 12.4 Å². The summed E-state index contributed by atoms with van der Waals surface area (Å²) in [5, 5.41) is 0. The summed E-state index contributed by atoms with van der Waals surface area (Å²) < 4.78 is 11.6. The molecular weight excluding hydrogens is 200 g/mol. The van der Waals surface area contributed by atoms with Gasteiger partial charge in [-0.1, -0.05) is 31.5 Å². The Balaban J connectivity index is 2.62. The minimum atomic E-state index is -0.494. The van der Waals surface area contributed by atoms with Gasteiger partial charge >= 0.3 is 0 Å². The zero-order valence-corrected chi connectivity index (χ0v) is 10.5. The maximum atomic E-state index is 5.92. The number of unbranched alkanes of at least 4 members (excludes halogenated alkanes) is 1. The third kappa shape index (κ3) is 4.23. The highest BCUT2D eigenvalue weighted by Crippen LogP contribution is 2.24. The van der Waals surface area contributed by atoms with E-state index < -0.39 is 5.79 Å². The smallest absolute Gasteiger partial charge is 0.207 e. The van der Waals surface area contributed by atoms with Gasteiger partial charge in [0.2, 0.25) is 5.79 Å². The van der Waals surface area contributed by atoms with Crippen molar-refractivity contribution in [3.63, 3.8) is 0 Å². The summed E-state index contributed by atoms with van der Waals surface area (Å²) in [6.07, 6.45) is 3.19. The van der Waals surface area contributed by atoms with E-state index in [0.717, 1.165) is 25.0 Å². The van der Waals surface area contributed by atoms with Crippen molar-refractivity contribution < 1.29 is 9.47 Å². The van der Waals surface area contributed by atoms with E-state index >= 15 is 0 Å². The van der Waals surface area contributed by atoms with Gasteiger partial charge in [0.05, 0.1) is 0 Å². The first kappa shape index (κ1) is 13.0. The first-order valence-corrected chi connectivity index (χ1v) is 6.08. The van der Waals surface area contributed by atoms with Crippen molar-refractivity contribution in [2.45, 2.75) is 45.8 Å². The molecule has 0 heterocycles. The first-order chi connectivity index (χ1) is 7.70. The maximum Gasteiger partial charge on any atom is 0.207 e. The summed E-state index contributed by atoms with van der Waals surface area (Å²) in [5.41, 5.74) is 0. The van der Waals surface area contributed by atoms with Crippen molar-refractivity contribution in [1.82, 2.24) is 0 Å². The van der Waals surface area contributed by atoms with E-state index in [9.17, 15) is 0 Å². The van der Waals surface area contributed by atoms with Gasteiger partial charge in [-0.2, -0.15) is 0 Å². The van der Waals surface area contributed by atoms with Gasteiger partial charge < -0.3 is 9.47 Å². The summed E-state index contributed by atoms with van der Waals surface area (Å²) in [5.74, 6) is 0.376. The Morgan fingerprint density at radius 1 is 1.12 bits per heavy atom. The Morgan fingerprint density at radius 2 is 1.81 bits per heavy atom. The minimum absolute atomic E-state index is 0.494. The molecule has 0 bridgehead atoms. The highest BCUT2D eigenvalue weighted by atomic mass is 16.7. The molecule has 2 nitrogen and oxygen atoms in total. The molecule has 0 N–H and O–H groups in total. The molecule has 0 spiro atoms. The second kappa shape index (κ2) is 6.54. The molecule has 0 aliphatic carbocycles. The third-order valence-corrected chi connectivity index (χ3v) is 2.51. The number of hydrogen-bond donors (Lipinski definition) is 0. The highest BCUT2D eigenvalue weighted by molar-refractivity contribution is 5.21. The molecule has 16 heavy (non-hydrogen) atoms. The fraction of sp³-hybridized carbons (Fsp3) is 0.571. The summed E-state index contributed by atoms with van der Waals surface area (Å²) in [7, 11) is 0. The van der Waals surface area contributed by atoms with Gasteiger partial charge in [-0.05, 0) is 25.5 Å². The fourth-order valence-corrected chi connectivity index (χ4v) is 1.69. The van der Waals surface area contributed by atoms with Crippen molar-refractivity contribution in [1.29, 1.82) is 0 Å². The van der Waals surface area contributed by atoms with E-state index in [2.05, 4.69) is 6.92 Å². The lowest BCUT2D eigenvalue weighted by molar-refractivity contribution is -0.171. The Bertz CT molecular complexity index is 284. The Labute approximate surface area is 98.6 Å². The topological polar surface area (TPSA) is 18.5 Å². The monoisotopic (exact) mass is 222 g/mol. The Morgan fingerprint density at radius 3 is 2.38 bits per heavy atom. The van der Waals surface area contributed by atoms with Gasteiger partial charge in [0.25, 0.3) is 0 Å². The van der Waals surface area contributed by atoms with Crippen LogP contribution in [0.3, 0.4) is 0 Å². The maximum absolute atomic E-state index is 5.92. The van der Waals surface area contributed by atoms with Crippen LogP contribution < -0.4 is 4.74 Å². The van der Waals surface area contributed by atoms with Crippen LogP contribution in [-0.2, 0) is 4.74 Å². The fourth-order valence-electron chi connectivity index (χ4n) is 1.69. The van der Waals surface area contributed by atoms with Crippen LogP contribution in [0.25, 0.3) is 0 Å². The molecule has 0 radical (unpaired) electrons. The van der Waals surface area contributed by atoms with Crippen molar-refractivity contribution >= 4 is 0 Å². The Hall–Kier alpha value is -1.02. The van der Waals surface area contributed by atoms with Crippen LogP contribution >= 0.6 is 0 Å². The average Bonchev–Trinajstić information content (AvgIpc) is 2.28. The number of rotatable bonds is 7. The molecule has 0 aliphatic rings. The molecular formula is C14H22O2. The Kier molecular flexibility index (Phi) is 5.33. The summed E-state index contributed by atoms with van der Waals surface area (Å²) in [6.45, 7) is 6.86. The molecule has 0 aromatic heterocycles. The molecule has 0 fully saturated rings. The minimum Gasteiger partial charge on any atom is -0.463 e. The summed E-state index contributed by atoms with van der Waals surface area (Å²) in [4.78, 5) is 0. The van der Waals surface area contributed by atoms with E-state index in [1.54, 1.807) is 0 Å². The standard InChI is InChI=1S/C14H22O2/c1-4-6-12-14(3,15-5-2)16-13-10-8-7-9-11-13/h7-11H,4-6,12H2,1-3H3. The number of hydrogen-bond acceptors (Lipinski definition) is 2. The van der Waals surface area contributed by atoms with Crippen molar-refractivity contribution in [3.8, 4) is 5.75 Å². The second-order valence-electron chi connectivity index (χ2n) is 4.09. The van der Waals surface area contributed by atoms with Crippen molar-refractivity contribution in [2.24, 2.45) is 0 Å². The molecule has 1 aromatic carbocycles. The van der Waals surface area contributed by atoms with Crippen LogP contribution in [0.4, 0.5) is 0 Å². The predicted octanol–water partition coefficient (Wildman–Crippen LogP) is 4.01. The largest absolute Gasteiger partial charge is 0.463 e. The van der Waals surface area contributed by atoms with Gasteiger partial charge in [-0.15, -0.1) is 0 Å². The van der Waals surface area contributed by atoms with Crippen LogP contribution in [0, 0.1) is 0 Å². The predicted molar refractivity (Wildman–Crippen MR) is 66.6 cm³/mol. The summed E-state index contributed by atoms with van der Waals surface area (Å²) >= 11 is 0.